The van der Waals surface area contributed by atoms with Crippen LogP contribution in [0.25, 0.3) is 22.2 Å². The third-order valence-electron chi connectivity index (χ3n) is 5.40. The molecule has 172 valence electrons. The van der Waals surface area contributed by atoms with Crippen molar-refractivity contribution in [3.63, 3.8) is 0 Å². The topological polar surface area (TPSA) is 101 Å². The number of carbonyl (C=O) groups is 1. The number of halogens is 1. The molecule has 10 heteroatoms. The van der Waals surface area contributed by atoms with Crippen LogP contribution in [0.1, 0.15) is 10.4 Å². The number of pyridine rings is 2. The van der Waals surface area contributed by atoms with E-state index in [1.54, 1.807) is 30.6 Å². The van der Waals surface area contributed by atoms with Gasteiger partial charge in [0.25, 0.3) is 15.9 Å². The summed E-state index contributed by atoms with van der Waals surface area (Å²) in [4.78, 5) is 21.5. The fourth-order valence-corrected chi connectivity index (χ4v) is 4.97. The summed E-state index contributed by atoms with van der Waals surface area (Å²) < 4.78 is 45.1. The van der Waals surface area contributed by atoms with Gasteiger partial charge in [0.05, 0.1) is 35.6 Å². The summed E-state index contributed by atoms with van der Waals surface area (Å²) in [7, 11) is -3.69. The molecule has 0 atom stereocenters. The monoisotopic (exact) mass is 478 g/mol. The lowest BCUT2D eigenvalue weighted by Crippen LogP contribution is -2.41. The molecule has 1 aliphatic heterocycles. The fraction of sp³-hybridized carbons (Fsp3) is 0.125. The molecule has 4 aromatic rings. The summed E-state index contributed by atoms with van der Waals surface area (Å²) in [5.41, 5.74) is 2.72. The van der Waals surface area contributed by atoms with E-state index in [1.165, 1.54) is 12.1 Å². The van der Waals surface area contributed by atoms with Crippen molar-refractivity contribution in [1.82, 2.24) is 9.97 Å². The van der Waals surface area contributed by atoms with Gasteiger partial charge in [-0.05, 0) is 48.5 Å². The molecule has 34 heavy (non-hydrogen) atoms. The van der Waals surface area contributed by atoms with E-state index in [4.69, 9.17) is 4.74 Å². The van der Waals surface area contributed by atoms with Crippen LogP contribution in [0.5, 0.6) is 0 Å². The van der Waals surface area contributed by atoms with Crippen molar-refractivity contribution < 1.29 is 22.3 Å². The second kappa shape index (κ2) is 8.81. The third-order valence-corrected chi connectivity index (χ3v) is 6.93. The van der Waals surface area contributed by atoms with Crippen LogP contribution >= 0.6 is 0 Å². The van der Waals surface area contributed by atoms with Gasteiger partial charge in [-0.15, -0.1) is 0 Å². The quantitative estimate of drug-likeness (QED) is 0.479. The summed E-state index contributed by atoms with van der Waals surface area (Å²) >= 11 is 0. The van der Waals surface area contributed by atoms with Crippen molar-refractivity contribution in [3.05, 3.63) is 84.4 Å². The van der Waals surface area contributed by atoms with Crippen molar-refractivity contribution in [2.24, 2.45) is 0 Å². The number of benzene rings is 2. The smallest absolute Gasteiger partial charge is 0.259 e. The second-order valence-corrected chi connectivity index (χ2v) is 9.51. The minimum absolute atomic E-state index is 0.0828. The number of anilines is 2. The van der Waals surface area contributed by atoms with Crippen molar-refractivity contribution in [2.45, 2.75) is 0 Å². The van der Waals surface area contributed by atoms with Crippen molar-refractivity contribution in [3.8, 4) is 11.3 Å². The molecule has 0 saturated carbocycles. The molecule has 0 spiro atoms. The number of fused-ring (bicyclic) bond motifs is 1. The number of hydrogen-bond acceptors (Lipinski definition) is 6. The van der Waals surface area contributed by atoms with E-state index in [-0.39, 0.29) is 24.4 Å². The van der Waals surface area contributed by atoms with Gasteiger partial charge in [0.15, 0.2) is 5.94 Å². The van der Waals surface area contributed by atoms with Crippen LogP contribution in [0.2, 0.25) is 0 Å². The Morgan fingerprint density at radius 2 is 1.97 bits per heavy atom. The SMILES string of the molecule is O=C(Nc1cccc(-c2ccc3cnccc3n2)c1)c1ccc(N2CCOCS2(=O)=O)cc1F. The number of amides is 1. The van der Waals surface area contributed by atoms with E-state index in [2.05, 4.69) is 15.3 Å². The molecule has 1 aliphatic rings. The molecule has 8 nitrogen and oxygen atoms in total. The molecule has 0 aliphatic carbocycles. The number of rotatable bonds is 4. The van der Waals surface area contributed by atoms with Gasteiger partial charge in [0.1, 0.15) is 5.82 Å². The molecule has 1 amide bonds. The highest BCUT2D eigenvalue weighted by Crippen LogP contribution is 2.26. The lowest BCUT2D eigenvalue weighted by molar-refractivity contribution is 0.102. The third kappa shape index (κ3) is 4.33. The average molecular weight is 479 g/mol. The van der Waals surface area contributed by atoms with Gasteiger partial charge in [-0.3, -0.25) is 14.1 Å². The molecule has 2 aromatic carbocycles. The van der Waals surface area contributed by atoms with Gasteiger partial charge in [-0.2, -0.15) is 0 Å². The van der Waals surface area contributed by atoms with Crippen LogP contribution in [-0.4, -0.2) is 43.4 Å². The molecule has 0 unspecified atom stereocenters. The van der Waals surface area contributed by atoms with Crippen molar-refractivity contribution in [1.29, 1.82) is 0 Å². The lowest BCUT2D eigenvalue weighted by Gasteiger charge is -2.28. The Morgan fingerprint density at radius 1 is 1.09 bits per heavy atom. The summed E-state index contributed by atoms with van der Waals surface area (Å²) in [6, 6.07) is 16.4. The van der Waals surface area contributed by atoms with Gasteiger partial charge < -0.3 is 10.1 Å². The zero-order valence-corrected chi connectivity index (χ0v) is 18.6. The lowest BCUT2D eigenvalue weighted by atomic mass is 10.1. The summed E-state index contributed by atoms with van der Waals surface area (Å²) in [5.74, 6) is -1.93. The Labute approximate surface area is 195 Å². The molecule has 0 radical (unpaired) electrons. The Bertz CT molecular complexity index is 1510. The Hall–Kier alpha value is -3.89. The number of nitrogens with zero attached hydrogens (tertiary/aromatic N) is 3. The van der Waals surface area contributed by atoms with Crippen molar-refractivity contribution in [2.75, 3.05) is 28.7 Å². The van der Waals surface area contributed by atoms with Gasteiger partial charge in [-0.25, -0.2) is 17.8 Å². The van der Waals surface area contributed by atoms with E-state index in [0.29, 0.717) is 5.69 Å². The predicted octanol–water partition coefficient (Wildman–Crippen LogP) is 3.81. The predicted molar refractivity (Wildman–Crippen MR) is 126 cm³/mol. The van der Waals surface area contributed by atoms with Gasteiger partial charge in [0, 0.05) is 29.0 Å². The van der Waals surface area contributed by atoms with Crippen LogP contribution in [-0.2, 0) is 14.8 Å². The first-order valence-electron chi connectivity index (χ1n) is 10.4. The van der Waals surface area contributed by atoms with Gasteiger partial charge in [-0.1, -0.05) is 12.1 Å². The average Bonchev–Trinajstić information content (AvgIpc) is 2.83. The molecule has 2 aromatic heterocycles. The van der Waals surface area contributed by atoms with Crippen molar-refractivity contribution >= 4 is 38.2 Å². The van der Waals surface area contributed by atoms with E-state index >= 15 is 0 Å². The zero-order chi connectivity index (χ0) is 23.7. The number of hydrogen-bond donors (Lipinski definition) is 1. The zero-order valence-electron chi connectivity index (χ0n) is 17.8. The molecule has 1 fully saturated rings. The first-order valence-corrected chi connectivity index (χ1v) is 12.0. The number of sulfonamides is 1. The first kappa shape index (κ1) is 21.9. The van der Waals surface area contributed by atoms with Crippen LogP contribution in [0.4, 0.5) is 15.8 Å². The Kier molecular flexibility index (Phi) is 5.68. The molecule has 1 N–H and O–H groups in total. The highest BCUT2D eigenvalue weighted by atomic mass is 32.2. The van der Waals surface area contributed by atoms with E-state index < -0.39 is 27.7 Å². The molecule has 5 rings (SSSR count). The molecule has 0 bridgehead atoms. The maximum atomic E-state index is 14.8. The molecule has 1 saturated heterocycles. The van der Waals surface area contributed by atoms with E-state index in [9.17, 15) is 17.6 Å². The number of nitrogens with one attached hydrogen (secondary N) is 1. The number of ether oxygens (including phenoxy) is 1. The standard InChI is InChI=1S/C24H19FN4O4S/c25-21-13-19(29-10-11-33-15-34(29,31)32)5-6-20(21)24(30)27-18-3-1-2-16(12-18)22-7-4-17-14-26-9-8-23(17)28-22/h1-9,12-14H,10-11,15H2,(H,27,30). The molecule has 3 heterocycles. The van der Waals surface area contributed by atoms with Crippen LogP contribution in [0, 0.1) is 5.82 Å². The number of aromatic nitrogens is 2. The second-order valence-electron chi connectivity index (χ2n) is 7.67. The normalized spacial score (nSPS) is 15.3. The van der Waals surface area contributed by atoms with Gasteiger partial charge in [0.2, 0.25) is 0 Å². The van der Waals surface area contributed by atoms with Gasteiger partial charge >= 0.3 is 0 Å². The van der Waals surface area contributed by atoms with E-state index in [1.807, 2.05) is 24.3 Å². The van der Waals surface area contributed by atoms with Crippen LogP contribution in [0.15, 0.2) is 73.1 Å². The highest BCUT2D eigenvalue weighted by molar-refractivity contribution is 7.92. The highest BCUT2D eigenvalue weighted by Gasteiger charge is 2.27. The minimum Gasteiger partial charge on any atom is -0.362 e. The number of carbonyl (C=O) groups excluding carboxylic acids is 1. The summed E-state index contributed by atoms with van der Waals surface area (Å²) in [6.07, 6.45) is 3.40. The maximum Gasteiger partial charge on any atom is 0.259 e. The maximum absolute atomic E-state index is 14.8. The van der Waals surface area contributed by atoms with Crippen LogP contribution in [0.3, 0.4) is 0 Å². The van der Waals surface area contributed by atoms with Crippen LogP contribution < -0.4 is 9.62 Å². The van der Waals surface area contributed by atoms with E-state index in [0.717, 1.165) is 32.5 Å². The molecular weight excluding hydrogens is 459 g/mol. The molecular formula is C24H19FN4O4S. The first-order chi connectivity index (χ1) is 16.4. The Balaban J connectivity index is 1.37. The minimum atomic E-state index is -3.69. The largest absolute Gasteiger partial charge is 0.362 e. The fourth-order valence-electron chi connectivity index (χ4n) is 3.73. The summed E-state index contributed by atoms with van der Waals surface area (Å²) in [6.45, 7) is 0.293. The summed E-state index contributed by atoms with van der Waals surface area (Å²) in [5, 5.41) is 3.61. The Morgan fingerprint density at radius 3 is 2.79 bits per heavy atom.